The molecule has 0 radical (unpaired) electrons. The Morgan fingerprint density at radius 2 is 1.96 bits per heavy atom. The highest BCUT2D eigenvalue weighted by Gasteiger charge is 2.06. The van der Waals surface area contributed by atoms with Crippen LogP contribution in [0.5, 0.6) is 11.5 Å². The van der Waals surface area contributed by atoms with Crippen molar-refractivity contribution in [2.45, 2.75) is 25.7 Å². The van der Waals surface area contributed by atoms with Gasteiger partial charge in [-0.1, -0.05) is 12.1 Å². The van der Waals surface area contributed by atoms with Gasteiger partial charge in [-0.05, 0) is 48.4 Å². The van der Waals surface area contributed by atoms with Crippen LogP contribution in [0.1, 0.15) is 23.3 Å². The molecule has 0 atom stereocenters. The lowest BCUT2D eigenvalue weighted by atomic mass is 10.1. The van der Waals surface area contributed by atoms with E-state index in [9.17, 15) is 4.79 Å². The van der Waals surface area contributed by atoms with Gasteiger partial charge in [-0.2, -0.15) is 0 Å². The summed E-state index contributed by atoms with van der Waals surface area (Å²) in [5.74, 6) is 1.54. The highest BCUT2D eigenvalue weighted by molar-refractivity contribution is 7.09. The van der Waals surface area contributed by atoms with E-state index in [-0.39, 0.29) is 5.91 Å². The van der Waals surface area contributed by atoms with Crippen LogP contribution in [-0.2, 0) is 17.6 Å². The molecule has 5 heteroatoms. The van der Waals surface area contributed by atoms with Crippen LogP contribution in [0.2, 0.25) is 0 Å². The molecule has 0 unspecified atom stereocenters. The number of benzene rings is 1. The summed E-state index contributed by atoms with van der Waals surface area (Å²) in [6.07, 6.45) is 3.21. The molecule has 4 nitrogen and oxygen atoms in total. The fourth-order valence-electron chi connectivity index (χ4n) is 2.35. The van der Waals surface area contributed by atoms with Gasteiger partial charge in [0.25, 0.3) is 0 Å². The Morgan fingerprint density at radius 3 is 2.65 bits per heavy atom. The van der Waals surface area contributed by atoms with Crippen molar-refractivity contribution in [1.82, 2.24) is 5.32 Å². The van der Waals surface area contributed by atoms with Crippen molar-refractivity contribution in [3.8, 4) is 11.5 Å². The third-order valence-electron chi connectivity index (χ3n) is 3.59. The lowest BCUT2D eigenvalue weighted by molar-refractivity contribution is -0.121. The molecule has 0 aliphatic rings. The van der Waals surface area contributed by atoms with Crippen molar-refractivity contribution in [2.75, 3.05) is 20.8 Å². The van der Waals surface area contributed by atoms with E-state index in [4.69, 9.17) is 9.47 Å². The van der Waals surface area contributed by atoms with Gasteiger partial charge in [0, 0.05) is 17.8 Å². The second kappa shape index (κ2) is 9.20. The second-order valence-electron chi connectivity index (χ2n) is 5.22. The SMILES string of the molecule is COc1ccc(CCNC(=O)CCCc2cccs2)cc1OC. The van der Waals surface area contributed by atoms with E-state index in [2.05, 4.69) is 16.8 Å². The predicted molar refractivity (Wildman–Crippen MR) is 93.5 cm³/mol. The van der Waals surface area contributed by atoms with E-state index < -0.39 is 0 Å². The van der Waals surface area contributed by atoms with E-state index in [1.807, 2.05) is 24.3 Å². The van der Waals surface area contributed by atoms with Crippen molar-refractivity contribution in [2.24, 2.45) is 0 Å². The van der Waals surface area contributed by atoms with Gasteiger partial charge in [-0.25, -0.2) is 0 Å². The molecule has 1 N–H and O–H groups in total. The molecule has 0 bridgehead atoms. The summed E-state index contributed by atoms with van der Waals surface area (Å²) in [6, 6.07) is 9.98. The molecular weight excluding hydrogens is 310 g/mol. The Hall–Kier alpha value is -2.01. The lowest BCUT2D eigenvalue weighted by Gasteiger charge is -2.10. The predicted octanol–water partition coefficient (Wildman–Crippen LogP) is 3.45. The van der Waals surface area contributed by atoms with Gasteiger partial charge < -0.3 is 14.8 Å². The normalized spacial score (nSPS) is 10.3. The molecule has 1 amide bonds. The molecular formula is C18H23NO3S. The summed E-state index contributed by atoms with van der Waals surface area (Å²) in [7, 11) is 3.24. The van der Waals surface area contributed by atoms with Crippen molar-refractivity contribution in [1.29, 1.82) is 0 Å². The van der Waals surface area contributed by atoms with Crippen molar-refractivity contribution in [3.63, 3.8) is 0 Å². The van der Waals surface area contributed by atoms with Gasteiger partial charge in [-0.15, -0.1) is 11.3 Å². The number of thiophene rings is 1. The largest absolute Gasteiger partial charge is 0.493 e. The molecule has 0 aliphatic heterocycles. The molecule has 0 spiro atoms. The van der Waals surface area contributed by atoms with Crippen LogP contribution in [0.15, 0.2) is 35.7 Å². The number of carbonyl (C=O) groups is 1. The minimum absolute atomic E-state index is 0.113. The zero-order valence-corrected chi connectivity index (χ0v) is 14.4. The molecule has 124 valence electrons. The van der Waals surface area contributed by atoms with Crippen molar-refractivity contribution in [3.05, 3.63) is 46.2 Å². The molecule has 2 rings (SSSR count). The average Bonchev–Trinajstić information content (AvgIpc) is 3.08. The third kappa shape index (κ3) is 5.60. The first kappa shape index (κ1) is 17.3. The van der Waals surface area contributed by atoms with E-state index in [1.165, 1.54) is 4.88 Å². The minimum Gasteiger partial charge on any atom is -0.493 e. The van der Waals surface area contributed by atoms with Crippen LogP contribution < -0.4 is 14.8 Å². The van der Waals surface area contributed by atoms with Gasteiger partial charge >= 0.3 is 0 Å². The molecule has 2 aromatic rings. The van der Waals surface area contributed by atoms with Gasteiger partial charge in [0.1, 0.15) is 0 Å². The van der Waals surface area contributed by atoms with Crippen LogP contribution in [0.3, 0.4) is 0 Å². The summed E-state index contributed by atoms with van der Waals surface area (Å²) in [6.45, 7) is 0.632. The highest BCUT2D eigenvalue weighted by atomic mass is 32.1. The van der Waals surface area contributed by atoms with Crippen molar-refractivity contribution < 1.29 is 14.3 Å². The second-order valence-corrected chi connectivity index (χ2v) is 6.25. The summed E-state index contributed by atoms with van der Waals surface area (Å²) in [5.41, 5.74) is 1.11. The average molecular weight is 333 g/mol. The minimum atomic E-state index is 0.113. The first-order valence-electron chi connectivity index (χ1n) is 7.73. The molecule has 0 saturated carbocycles. The Labute approximate surface area is 141 Å². The van der Waals surface area contributed by atoms with Gasteiger partial charge in [0.15, 0.2) is 11.5 Å². The van der Waals surface area contributed by atoms with E-state index >= 15 is 0 Å². The van der Waals surface area contributed by atoms with Gasteiger partial charge in [0.05, 0.1) is 14.2 Å². The van der Waals surface area contributed by atoms with Crippen LogP contribution >= 0.6 is 11.3 Å². The van der Waals surface area contributed by atoms with Crippen molar-refractivity contribution >= 4 is 17.2 Å². The number of amides is 1. The standard InChI is InChI=1S/C18H23NO3S/c1-21-16-9-8-14(13-17(16)22-2)10-11-19-18(20)7-3-5-15-6-4-12-23-15/h4,6,8-9,12-13H,3,5,7,10-11H2,1-2H3,(H,19,20). The topological polar surface area (TPSA) is 47.6 Å². The number of carbonyl (C=O) groups excluding carboxylic acids is 1. The molecule has 0 fully saturated rings. The van der Waals surface area contributed by atoms with Crippen LogP contribution in [-0.4, -0.2) is 26.7 Å². The number of aryl methyl sites for hydroxylation is 1. The molecule has 0 saturated heterocycles. The molecule has 1 aromatic heterocycles. The first-order chi connectivity index (χ1) is 11.2. The molecule has 0 aliphatic carbocycles. The zero-order valence-electron chi connectivity index (χ0n) is 13.6. The van der Waals surface area contributed by atoms with Gasteiger partial charge in [0.2, 0.25) is 5.91 Å². The molecule has 1 heterocycles. The van der Waals surface area contributed by atoms with Crippen LogP contribution in [0.4, 0.5) is 0 Å². The lowest BCUT2D eigenvalue weighted by Crippen LogP contribution is -2.25. The fraction of sp³-hybridized carbons (Fsp3) is 0.389. The number of methoxy groups -OCH3 is 2. The third-order valence-corrected chi connectivity index (χ3v) is 4.53. The summed E-state index contributed by atoms with van der Waals surface area (Å²) in [4.78, 5) is 13.2. The Bertz CT molecular complexity index is 611. The zero-order chi connectivity index (χ0) is 16.5. The molecule has 1 aromatic carbocycles. The smallest absolute Gasteiger partial charge is 0.220 e. The summed E-state index contributed by atoms with van der Waals surface area (Å²) in [5, 5.41) is 5.04. The maximum atomic E-state index is 11.8. The maximum Gasteiger partial charge on any atom is 0.220 e. The monoisotopic (exact) mass is 333 g/mol. The highest BCUT2D eigenvalue weighted by Crippen LogP contribution is 2.27. The number of hydrogen-bond donors (Lipinski definition) is 1. The Morgan fingerprint density at radius 1 is 1.13 bits per heavy atom. The van der Waals surface area contributed by atoms with E-state index in [0.717, 1.165) is 24.8 Å². The molecule has 23 heavy (non-hydrogen) atoms. The van der Waals surface area contributed by atoms with Gasteiger partial charge in [-0.3, -0.25) is 4.79 Å². The van der Waals surface area contributed by atoms with E-state index in [1.54, 1.807) is 25.6 Å². The maximum absolute atomic E-state index is 11.8. The number of nitrogens with one attached hydrogen (secondary N) is 1. The fourth-order valence-corrected chi connectivity index (χ4v) is 3.10. The van der Waals surface area contributed by atoms with Crippen LogP contribution in [0, 0.1) is 0 Å². The first-order valence-corrected chi connectivity index (χ1v) is 8.61. The van der Waals surface area contributed by atoms with Crippen LogP contribution in [0.25, 0.3) is 0 Å². The summed E-state index contributed by atoms with van der Waals surface area (Å²) >= 11 is 1.74. The Balaban J connectivity index is 1.68. The number of rotatable bonds is 9. The Kier molecular flexibility index (Phi) is 6.94. The number of ether oxygens (including phenoxy) is 2. The summed E-state index contributed by atoms with van der Waals surface area (Å²) < 4.78 is 10.5. The van der Waals surface area contributed by atoms with E-state index in [0.29, 0.717) is 24.5 Å². The number of hydrogen-bond acceptors (Lipinski definition) is 4. The quantitative estimate of drug-likeness (QED) is 0.764.